The van der Waals surface area contributed by atoms with Crippen LogP contribution in [0.15, 0.2) is 48.5 Å². The van der Waals surface area contributed by atoms with E-state index in [9.17, 15) is 0 Å². The van der Waals surface area contributed by atoms with Crippen LogP contribution in [0.25, 0.3) is 0 Å². The summed E-state index contributed by atoms with van der Waals surface area (Å²) < 4.78 is 0. The van der Waals surface area contributed by atoms with Gasteiger partial charge in [-0.15, -0.1) is 0 Å². The Kier molecular flexibility index (Phi) is 4.40. The second-order valence-corrected chi connectivity index (χ2v) is 5.02. The van der Waals surface area contributed by atoms with Crippen LogP contribution < -0.4 is 5.32 Å². The number of benzene rings is 2. The second-order valence-electron chi connectivity index (χ2n) is 4.58. The van der Waals surface area contributed by atoms with Gasteiger partial charge in [-0.25, -0.2) is 0 Å². The molecule has 0 radical (unpaired) electrons. The van der Waals surface area contributed by atoms with E-state index in [1.54, 1.807) is 0 Å². The first-order valence-electron chi connectivity index (χ1n) is 6.20. The van der Waals surface area contributed by atoms with Crippen molar-refractivity contribution >= 4 is 11.6 Å². The average Bonchev–Trinajstić information content (AvgIpc) is 2.38. The summed E-state index contributed by atoms with van der Waals surface area (Å²) in [7, 11) is 0. The van der Waals surface area contributed by atoms with E-state index in [0.717, 1.165) is 11.6 Å². The van der Waals surface area contributed by atoms with Crippen molar-refractivity contribution in [2.45, 2.75) is 26.4 Å². The molecule has 0 aliphatic heterocycles. The maximum atomic E-state index is 5.89. The second kappa shape index (κ2) is 6.03. The molecule has 1 nitrogen and oxygen atoms in total. The van der Waals surface area contributed by atoms with Crippen LogP contribution in [-0.2, 0) is 6.54 Å². The summed E-state index contributed by atoms with van der Waals surface area (Å²) in [6.07, 6.45) is 0. The number of rotatable bonds is 4. The van der Waals surface area contributed by atoms with E-state index >= 15 is 0 Å². The summed E-state index contributed by atoms with van der Waals surface area (Å²) in [5.41, 5.74) is 3.93. The SMILES string of the molecule is Cc1ccccc1CN[C@@H](C)c1ccc(Cl)cc1. The lowest BCUT2D eigenvalue weighted by Gasteiger charge is -2.15. The average molecular weight is 260 g/mol. The maximum absolute atomic E-state index is 5.89. The highest BCUT2D eigenvalue weighted by molar-refractivity contribution is 6.30. The highest BCUT2D eigenvalue weighted by atomic mass is 35.5. The number of nitrogens with one attached hydrogen (secondary N) is 1. The summed E-state index contributed by atoms with van der Waals surface area (Å²) >= 11 is 5.89. The van der Waals surface area contributed by atoms with Crippen molar-refractivity contribution in [2.75, 3.05) is 0 Å². The molecule has 0 bridgehead atoms. The molecule has 0 amide bonds. The topological polar surface area (TPSA) is 12.0 Å². The highest BCUT2D eigenvalue weighted by Crippen LogP contribution is 2.17. The van der Waals surface area contributed by atoms with E-state index in [-0.39, 0.29) is 0 Å². The van der Waals surface area contributed by atoms with E-state index in [2.05, 4.69) is 55.6 Å². The minimum Gasteiger partial charge on any atom is -0.306 e. The van der Waals surface area contributed by atoms with E-state index in [4.69, 9.17) is 11.6 Å². The minimum absolute atomic E-state index is 0.321. The van der Waals surface area contributed by atoms with Crippen molar-refractivity contribution < 1.29 is 0 Å². The molecule has 2 heteroatoms. The fourth-order valence-corrected chi connectivity index (χ4v) is 2.07. The van der Waals surface area contributed by atoms with Crippen molar-refractivity contribution in [3.8, 4) is 0 Å². The van der Waals surface area contributed by atoms with Gasteiger partial charge in [0.1, 0.15) is 0 Å². The van der Waals surface area contributed by atoms with Gasteiger partial charge in [0.25, 0.3) is 0 Å². The molecule has 1 N–H and O–H groups in total. The third-order valence-corrected chi connectivity index (χ3v) is 3.48. The van der Waals surface area contributed by atoms with E-state index in [1.165, 1.54) is 16.7 Å². The summed E-state index contributed by atoms with van der Waals surface area (Å²) in [6.45, 7) is 5.20. The lowest BCUT2D eigenvalue weighted by Crippen LogP contribution is -2.18. The first-order chi connectivity index (χ1) is 8.66. The molecule has 94 valence electrons. The molecule has 0 unspecified atom stereocenters. The molecule has 0 aromatic heterocycles. The van der Waals surface area contributed by atoms with E-state index in [0.29, 0.717) is 6.04 Å². The largest absolute Gasteiger partial charge is 0.306 e. The van der Waals surface area contributed by atoms with Crippen LogP contribution in [0.1, 0.15) is 29.7 Å². The normalized spacial score (nSPS) is 12.4. The quantitative estimate of drug-likeness (QED) is 0.853. The predicted octanol–water partition coefficient (Wildman–Crippen LogP) is 4.50. The van der Waals surface area contributed by atoms with Crippen molar-refractivity contribution in [3.63, 3.8) is 0 Å². The van der Waals surface area contributed by atoms with E-state index < -0.39 is 0 Å². The van der Waals surface area contributed by atoms with Crippen molar-refractivity contribution in [1.29, 1.82) is 0 Å². The Hall–Kier alpha value is -1.31. The van der Waals surface area contributed by atoms with Gasteiger partial charge in [-0.05, 0) is 42.7 Å². The van der Waals surface area contributed by atoms with Crippen molar-refractivity contribution in [2.24, 2.45) is 0 Å². The Labute approximate surface area is 114 Å². The van der Waals surface area contributed by atoms with Gasteiger partial charge in [-0.2, -0.15) is 0 Å². The van der Waals surface area contributed by atoms with Gasteiger partial charge < -0.3 is 5.32 Å². The Morgan fingerprint density at radius 1 is 1.06 bits per heavy atom. The molecule has 18 heavy (non-hydrogen) atoms. The Morgan fingerprint density at radius 2 is 1.72 bits per heavy atom. The summed E-state index contributed by atoms with van der Waals surface area (Å²) in [6, 6.07) is 16.8. The Morgan fingerprint density at radius 3 is 2.39 bits per heavy atom. The predicted molar refractivity (Wildman–Crippen MR) is 77.9 cm³/mol. The standard InChI is InChI=1S/C16H18ClN/c1-12-5-3-4-6-15(12)11-18-13(2)14-7-9-16(17)10-8-14/h3-10,13,18H,11H2,1-2H3/t13-/m0/s1. The lowest BCUT2D eigenvalue weighted by molar-refractivity contribution is 0.573. The zero-order chi connectivity index (χ0) is 13.0. The number of hydrogen-bond donors (Lipinski definition) is 1. The summed E-state index contributed by atoms with van der Waals surface area (Å²) in [5.74, 6) is 0. The number of hydrogen-bond acceptors (Lipinski definition) is 1. The van der Waals surface area contributed by atoms with Crippen LogP contribution in [0.2, 0.25) is 5.02 Å². The van der Waals surface area contributed by atoms with Crippen LogP contribution in [0.3, 0.4) is 0 Å². The molecule has 0 spiro atoms. The molecule has 0 heterocycles. The van der Waals surface area contributed by atoms with Gasteiger partial charge in [0.2, 0.25) is 0 Å². The molecule has 2 aromatic rings. The number of aryl methyl sites for hydroxylation is 1. The monoisotopic (exact) mass is 259 g/mol. The molecule has 0 aliphatic rings. The van der Waals surface area contributed by atoms with Gasteiger partial charge in [0, 0.05) is 17.6 Å². The van der Waals surface area contributed by atoms with Gasteiger partial charge in [0.05, 0.1) is 0 Å². The highest BCUT2D eigenvalue weighted by Gasteiger charge is 2.05. The molecule has 1 atom stereocenters. The van der Waals surface area contributed by atoms with Gasteiger partial charge in [0.15, 0.2) is 0 Å². The van der Waals surface area contributed by atoms with Crippen LogP contribution in [-0.4, -0.2) is 0 Å². The third-order valence-electron chi connectivity index (χ3n) is 3.23. The number of halogens is 1. The van der Waals surface area contributed by atoms with Crippen molar-refractivity contribution in [1.82, 2.24) is 5.32 Å². The molecule has 0 aliphatic carbocycles. The first kappa shape index (κ1) is 13.1. The molecule has 0 saturated carbocycles. The Balaban J connectivity index is 1.98. The smallest absolute Gasteiger partial charge is 0.0406 e. The van der Waals surface area contributed by atoms with Gasteiger partial charge >= 0.3 is 0 Å². The van der Waals surface area contributed by atoms with E-state index in [1.807, 2.05) is 12.1 Å². The van der Waals surface area contributed by atoms with Crippen molar-refractivity contribution in [3.05, 3.63) is 70.2 Å². The van der Waals surface area contributed by atoms with Gasteiger partial charge in [-0.1, -0.05) is 48.0 Å². The zero-order valence-electron chi connectivity index (χ0n) is 10.8. The fourth-order valence-electron chi connectivity index (χ4n) is 1.94. The lowest BCUT2D eigenvalue weighted by atomic mass is 10.1. The molecule has 0 fully saturated rings. The molecule has 2 rings (SSSR count). The molecule has 0 saturated heterocycles. The molecular formula is C16H18ClN. The maximum Gasteiger partial charge on any atom is 0.0406 e. The zero-order valence-corrected chi connectivity index (χ0v) is 11.5. The van der Waals surface area contributed by atoms with Crippen LogP contribution in [0.4, 0.5) is 0 Å². The molecular weight excluding hydrogens is 242 g/mol. The Bertz CT molecular complexity index is 505. The first-order valence-corrected chi connectivity index (χ1v) is 6.58. The minimum atomic E-state index is 0.321. The summed E-state index contributed by atoms with van der Waals surface area (Å²) in [5, 5.41) is 4.31. The third kappa shape index (κ3) is 3.34. The van der Waals surface area contributed by atoms with Crippen LogP contribution in [0, 0.1) is 6.92 Å². The van der Waals surface area contributed by atoms with Crippen LogP contribution >= 0.6 is 11.6 Å². The fraction of sp³-hybridized carbons (Fsp3) is 0.250. The van der Waals surface area contributed by atoms with Gasteiger partial charge in [-0.3, -0.25) is 0 Å². The van der Waals surface area contributed by atoms with Crippen LogP contribution in [0.5, 0.6) is 0 Å². The molecule has 2 aromatic carbocycles. The summed E-state index contributed by atoms with van der Waals surface area (Å²) in [4.78, 5) is 0.